The number of benzene rings is 1. The SMILES string of the molecule is C=Nc1ccc(C(F)(F)C(=N)n2nc(-c3cnn(C)c3)ccc2=N)cc1/C=C\C. The maximum Gasteiger partial charge on any atom is 0.331 e. The van der Waals surface area contributed by atoms with Crippen molar-refractivity contribution in [1.29, 1.82) is 10.8 Å². The summed E-state index contributed by atoms with van der Waals surface area (Å²) >= 11 is 0. The fourth-order valence-corrected chi connectivity index (χ4v) is 2.78. The highest BCUT2D eigenvalue weighted by Crippen LogP contribution is 2.33. The van der Waals surface area contributed by atoms with E-state index in [0.717, 1.165) is 0 Å². The molecule has 0 spiro atoms. The van der Waals surface area contributed by atoms with Crippen molar-refractivity contribution in [2.24, 2.45) is 12.0 Å². The lowest BCUT2D eigenvalue weighted by molar-refractivity contribution is 0.0696. The van der Waals surface area contributed by atoms with E-state index in [0.29, 0.717) is 27.2 Å². The lowest BCUT2D eigenvalue weighted by Crippen LogP contribution is -2.39. The first-order valence-electron chi connectivity index (χ1n) is 8.63. The van der Waals surface area contributed by atoms with Crippen LogP contribution >= 0.6 is 0 Å². The van der Waals surface area contributed by atoms with E-state index in [1.54, 1.807) is 37.0 Å². The number of hydrogen-bond acceptors (Lipinski definition) is 5. The molecule has 9 heteroatoms. The molecule has 0 saturated carbocycles. The van der Waals surface area contributed by atoms with Crippen LogP contribution in [0.15, 0.2) is 53.8 Å². The zero-order chi connectivity index (χ0) is 21.2. The normalized spacial score (nSPS) is 11.7. The number of halogens is 2. The maximum atomic E-state index is 15.2. The molecular weight excluding hydrogens is 376 g/mol. The fraction of sp³-hybridized carbons (Fsp3) is 0.150. The van der Waals surface area contributed by atoms with Crippen molar-refractivity contribution in [3.63, 3.8) is 0 Å². The van der Waals surface area contributed by atoms with Gasteiger partial charge in [0.25, 0.3) is 0 Å². The predicted octanol–water partition coefficient (Wildman–Crippen LogP) is 3.75. The average molecular weight is 395 g/mol. The average Bonchev–Trinajstić information content (AvgIpc) is 3.14. The number of hydrogen-bond donors (Lipinski definition) is 2. The van der Waals surface area contributed by atoms with Gasteiger partial charge in [0.15, 0.2) is 5.84 Å². The van der Waals surface area contributed by atoms with Gasteiger partial charge in [0.05, 0.1) is 17.6 Å². The Bertz CT molecular complexity index is 1170. The van der Waals surface area contributed by atoms with Crippen molar-refractivity contribution in [2.75, 3.05) is 0 Å². The van der Waals surface area contributed by atoms with E-state index in [2.05, 4.69) is 21.9 Å². The molecule has 148 valence electrons. The molecule has 0 unspecified atom stereocenters. The second kappa shape index (κ2) is 7.70. The Kier molecular flexibility index (Phi) is 5.31. The van der Waals surface area contributed by atoms with Gasteiger partial charge in [-0.2, -0.15) is 23.7 Å². The summed E-state index contributed by atoms with van der Waals surface area (Å²) in [6.45, 7) is 5.20. The highest BCUT2D eigenvalue weighted by molar-refractivity contribution is 5.89. The van der Waals surface area contributed by atoms with Gasteiger partial charge in [0.2, 0.25) is 0 Å². The second-order valence-corrected chi connectivity index (χ2v) is 6.27. The molecule has 3 aromatic rings. The Balaban J connectivity index is 2.06. The largest absolute Gasteiger partial charge is 0.331 e. The standard InChI is InChI=1S/C20H19F2N7/c1-4-5-13-10-15(6-7-16(13)25-2)20(21,22)19(24)29-18(23)9-8-17(27-29)14-11-26-28(3)12-14/h4-12,23-24H,2H2,1,3H3/b5-4-,23-18?,24-19?. The van der Waals surface area contributed by atoms with E-state index >= 15 is 8.78 Å². The lowest BCUT2D eigenvalue weighted by Gasteiger charge is -2.20. The number of aliphatic imine (C=N–C) groups is 1. The van der Waals surface area contributed by atoms with Crippen LogP contribution in [0.25, 0.3) is 17.3 Å². The summed E-state index contributed by atoms with van der Waals surface area (Å²) in [7, 11) is 1.72. The maximum absolute atomic E-state index is 15.2. The van der Waals surface area contributed by atoms with Gasteiger partial charge in [-0.3, -0.25) is 20.5 Å². The van der Waals surface area contributed by atoms with Crippen LogP contribution in [0, 0.1) is 10.8 Å². The molecule has 0 aliphatic rings. The van der Waals surface area contributed by atoms with Crippen LogP contribution in [0.4, 0.5) is 14.5 Å². The molecule has 0 aliphatic carbocycles. The third-order valence-corrected chi connectivity index (χ3v) is 4.25. The van der Waals surface area contributed by atoms with Gasteiger partial charge in [-0.25, -0.2) is 0 Å². The fourth-order valence-electron chi connectivity index (χ4n) is 2.78. The summed E-state index contributed by atoms with van der Waals surface area (Å²) in [5.74, 6) is -4.81. The smallest absolute Gasteiger partial charge is 0.283 e. The van der Waals surface area contributed by atoms with Crippen LogP contribution in [0.2, 0.25) is 0 Å². The number of rotatable bonds is 5. The highest BCUT2D eigenvalue weighted by Gasteiger charge is 2.40. The van der Waals surface area contributed by atoms with E-state index in [1.807, 2.05) is 0 Å². The summed E-state index contributed by atoms with van der Waals surface area (Å²) < 4.78 is 32.5. The molecular formula is C20H19F2N7. The van der Waals surface area contributed by atoms with Crippen molar-refractivity contribution < 1.29 is 8.78 Å². The Morgan fingerprint density at radius 3 is 2.66 bits per heavy atom. The van der Waals surface area contributed by atoms with Crippen LogP contribution in [0.5, 0.6) is 0 Å². The molecule has 0 saturated heterocycles. The van der Waals surface area contributed by atoms with Crippen LogP contribution in [0.3, 0.4) is 0 Å². The van der Waals surface area contributed by atoms with Gasteiger partial charge in [-0.1, -0.05) is 18.2 Å². The number of aryl methyl sites for hydroxylation is 1. The molecule has 0 aliphatic heterocycles. The first-order valence-corrected chi connectivity index (χ1v) is 8.63. The zero-order valence-corrected chi connectivity index (χ0v) is 15.9. The van der Waals surface area contributed by atoms with Crippen molar-refractivity contribution in [3.05, 3.63) is 65.4 Å². The molecule has 2 N–H and O–H groups in total. The molecule has 2 aromatic heterocycles. The van der Waals surface area contributed by atoms with Crippen LogP contribution in [0.1, 0.15) is 18.1 Å². The minimum absolute atomic E-state index is 0.329. The number of alkyl halides is 2. The molecule has 29 heavy (non-hydrogen) atoms. The zero-order valence-electron chi connectivity index (χ0n) is 15.9. The number of nitrogens with zero attached hydrogens (tertiary/aromatic N) is 5. The predicted molar refractivity (Wildman–Crippen MR) is 108 cm³/mol. The van der Waals surface area contributed by atoms with Gasteiger partial charge in [-0.15, -0.1) is 0 Å². The summed E-state index contributed by atoms with van der Waals surface area (Å²) in [5.41, 5.74) is 1.11. The second-order valence-electron chi connectivity index (χ2n) is 6.27. The molecule has 0 atom stereocenters. The van der Waals surface area contributed by atoms with Crippen molar-refractivity contribution in [1.82, 2.24) is 19.6 Å². The molecule has 0 bridgehead atoms. The molecule has 3 rings (SSSR count). The highest BCUT2D eigenvalue weighted by atomic mass is 19.3. The monoisotopic (exact) mass is 395 g/mol. The Hall–Kier alpha value is -3.75. The molecule has 7 nitrogen and oxygen atoms in total. The third-order valence-electron chi connectivity index (χ3n) is 4.25. The van der Waals surface area contributed by atoms with E-state index in [4.69, 9.17) is 10.8 Å². The Labute approximate surface area is 165 Å². The summed E-state index contributed by atoms with van der Waals surface area (Å²) in [4.78, 5) is 3.82. The number of allylic oxidation sites excluding steroid dienone is 1. The van der Waals surface area contributed by atoms with E-state index in [-0.39, 0.29) is 5.49 Å². The first kappa shape index (κ1) is 20.0. The van der Waals surface area contributed by atoms with E-state index < -0.39 is 17.3 Å². The molecule has 0 fully saturated rings. The summed E-state index contributed by atoms with van der Waals surface area (Å²) in [5, 5.41) is 24.2. The molecule has 0 amide bonds. The number of aromatic nitrogens is 4. The molecule has 0 radical (unpaired) electrons. The van der Waals surface area contributed by atoms with Gasteiger partial charge >= 0.3 is 5.92 Å². The Morgan fingerprint density at radius 2 is 2.03 bits per heavy atom. The minimum atomic E-state index is -3.68. The van der Waals surface area contributed by atoms with Crippen LogP contribution < -0.4 is 5.49 Å². The summed E-state index contributed by atoms with van der Waals surface area (Å²) in [6.07, 6.45) is 6.54. The summed E-state index contributed by atoms with van der Waals surface area (Å²) in [6, 6.07) is 6.71. The topological polar surface area (TPSA) is 95.7 Å². The van der Waals surface area contributed by atoms with Crippen LogP contribution in [-0.4, -0.2) is 32.1 Å². The van der Waals surface area contributed by atoms with Crippen molar-refractivity contribution in [3.8, 4) is 11.3 Å². The van der Waals surface area contributed by atoms with E-state index in [1.165, 1.54) is 36.5 Å². The minimum Gasteiger partial charge on any atom is -0.283 e. The van der Waals surface area contributed by atoms with Gasteiger partial charge in [-0.05, 0) is 37.9 Å². The quantitative estimate of drug-likeness (QED) is 0.508. The number of nitrogens with one attached hydrogen (secondary N) is 2. The van der Waals surface area contributed by atoms with Crippen LogP contribution in [-0.2, 0) is 13.0 Å². The van der Waals surface area contributed by atoms with E-state index in [9.17, 15) is 0 Å². The Morgan fingerprint density at radius 1 is 1.28 bits per heavy atom. The van der Waals surface area contributed by atoms with Crippen molar-refractivity contribution in [2.45, 2.75) is 12.8 Å². The van der Waals surface area contributed by atoms with Gasteiger partial charge < -0.3 is 0 Å². The first-order chi connectivity index (χ1) is 13.8. The third kappa shape index (κ3) is 3.79. The molecule has 1 aromatic carbocycles. The lowest BCUT2D eigenvalue weighted by atomic mass is 10.0. The van der Waals surface area contributed by atoms with Crippen molar-refractivity contribution >= 4 is 24.3 Å². The molecule has 2 heterocycles. The van der Waals surface area contributed by atoms with Gasteiger partial charge in [0, 0.05) is 29.9 Å². The van der Waals surface area contributed by atoms with Gasteiger partial charge in [0.1, 0.15) is 5.49 Å².